The molecule has 0 aliphatic rings. The summed E-state index contributed by atoms with van der Waals surface area (Å²) in [7, 11) is 0. The van der Waals surface area contributed by atoms with E-state index in [1.165, 1.54) is 0 Å². The van der Waals surface area contributed by atoms with Crippen LogP contribution in [0.3, 0.4) is 0 Å². The Morgan fingerprint density at radius 1 is 1.11 bits per heavy atom. The molecule has 0 fully saturated rings. The molecule has 0 saturated carbocycles. The van der Waals surface area contributed by atoms with Gasteiger partial charge in [0.15, 0.2) is 0 Å². The van der Waals surface area contributed by atoms with Crippen LogP contribution in [-0.2, 0) is 0 Å². The zero-order valence-electron chi connectivity index (χ0n) is 10.6. The minimum absolute atomic E-state index is 0.143. The molecule has 19 heavy (non-hydrogen) atoms. The van der Waals surface area contributed by atoms with E-state index in [0.29, 0.717) is 16.3 Å². The van der Waals surface area contributed by atoms with E-state index in [1.807, 2.05) is 38.1 Å². The van der Waals surface area contributed by atoms with Crippen LogP contribution in [0.2, 0.25) is 5.02 Å². The quantitative estimate of drug-likeness (QED) is 0.823. The van der Waals surface area contributed by atoms with E-state index in [4.69, 9.17) is 11.6 Å². The number of nitrogens with one attached hydrogen (secondary N) is 1. The summed E-state index contributed by atoms with van der Waals surface area (Å²) in [6.07, 6.45) is 0. The summed E-state index contributed by atoms with van der Waals surface area (Å²) in [5, 5.41) is 3.48. The average Bonchev–Trinajstić information content (AvgIpc) is 2.37. The molecule has 98 valence electrons. The fourth-order valence-electron chi connectivity index (χ4n) is 1.66. The van der Waals surface area contributed by atoms with E-state index in [-0.39, 0.29) is 5.91 Å². The van der Waals surface area contributed by atoms with E-state index in [1.54, 1.807) is 12.1 Å². The molecule has 0 bridgehead atoms. The average molecular weight is 339 g/mol. The van der Waals surface area contributed by atoms with Gasteiger partial charge < -0.3 is 5.32 Å². The number of amides is 1. The lowest BCUT2D eigenvalue weighted by atomic mass is 10.1. The first-order chi connectivity index (χ1) is 8.97. The van der Waals surface area contributed by atoms with Crippen molar-refractivity contribution in [1.29, 1.82) is 0 Å². The second-order valence-electron chi connectivity index (χ2n) is 4.38. The lowest BCUT2D eigenvalue weighted by Crippen LogP contribution is -2.12. The van der Waals surface area contributed by atoms with E-state index >= 15 is 0 Å². The third-order valence-electron chi connectivity index (χ3n) is 2.85. The van der Waals surface area contributed by atoms with E-state index in [0.717, 1.165) is 15.6 Å². The van der Waals surface area contributed by atoms with Gasteiger partial charge in [-0.1, -0.05) is 33.6 Å². The third-order valence-corrected chi connectivity index (χ3v) is 4.15. The Hall–Kier alpha value is -1.32. The highest BCUT2D eigenvalue weighted by molar-refractivity contribution is 9.10. The second kappa shape index (κ2) is 5.76. The summed E-state index contributed by atoms with van der Waals surface area (Å²) in [6.45, 7) is 3.87. The molecule has 0 radical (unpaired) electrons. The van der Waals surface area contributed by atoms with E-state index in [9.17, 15) is 4.79 Å². The molecule has 0 atom stereocenters. The molecule has 0 aliphatic heterocycles. The minimum atomic E-state index is -0.143. The number of benzene rings is 2. The molecule has 2 rings (SSSR count). The first-order valence-corrected chi connectivity index (χ1v) is 6.98. The molecule has 2 aromatic rings. The Morgan fingerprint density at radius 3 is 2.47 bits per heavy atom. The van der Waals surface area contributed by atoms with E-state index in [2.05, 4.69) is 21.2 Å². The number of carbonyl (C=O) groups is 1. The van der Waals surface area contributed by atoms with Crippen LogP contribution in [0.4, 0.5) is 5.69 Å². The maximum Gasteiger partial charge on any atom is 0.255 e. The molecule has 0 heterocycles. The van der Waals surface area contributed by atoms with Gasteiger partial charge in [-0.2, -0.15) is 0 Å². The smallest absolute Gasteiger partial charge is 0.255 e. The lowest BCUT2D eigenvalue weighted by molar-refractivity contribution is 0.102. The topological polar surface area (TPSA) is 29.1 Å². The van der Waals surface area contributed by atoms with Crippen LogP contribution in [0.15, 0.2) is 40.9 Å². The molecular weight excluding hydrogens is 326 g/mol. The highest BCUT2D eigenvalue weighted by Crippen LogP contribution is 2.21. The summed E-state index contributed by atoms with van der Waals surface area (Å²) in [5.41, 5.74) is 3.33. The highest BCUT2D eigenvalue weighted by Gasteiger charge is 2.08. The van der Waals surface area contributed by atoms with Crippen molar-refractivity contribution in [2.24, 2.45) is 0 Å². The van der Waals surface area contributed by atoms with Gasteiger partial charge in [0.25, 0.3) is 5.91 Å². The van der Waals surface area contributed by atoms with Gasteiger partial charge in [0.1, 0.15) is 0 Å². The largest absolute Gasteiger partial charge is 0.322 e. The van der Waals surface area contributed by atoms with Crippen molar-refractivity contribution in [3.05, 3.63) is 62.6 Å². The first-order valence-electron chi connectivity index (χ1n) is 5.81. The maximum atomic E-state index is 12.1. The Kier molecular flexibility index (Phi) is 4.27. The van der Waals surface area contributed by atoms with Gasteiger partial charge in [0.2, 0.25) is 0 Å². The molecule has 0 unspecified atom stereocenters. The maximum absolute atomic E-state index is 12.1. The number of rotatable bonds is 2. The molecule has 4 heteroatoms. The molecule has 1 N–H and O–H groups in total. The molecule has 0 aromatic heterocycles. The summed E-state index contributed by atoms with van der Waals surface area (Å²) in [5.74, 6) is -0.143. The molecule has 0 aliphatic carbocycles. The van der Waals surface area contributed by atoms with Crippen molar-refractivity contribution in [2.45, 2.75) is 13.8 Å². The first kappa shape index (κ1) is 14.1. The minimum Gasteiger partial charge on any atom is -0.322 e. The Morgan fingerprint density at radius 2 is 1.84 bits per heavy atom. The van der Waals surface area contributed by atoms with Crippen LogP contribution >= 0.6 is 27.5 Å². The number of carbonyl (C=O) groups excluding carboxylic acids is 1. The fraction of sp³-hybridized carbons (Fsp3) is 0.133. The van der Waals surface area contributed by atoms with Crippen LogP contribution in [0, 0.1) is 13.8 Å². The SMILES string of the molecule is Cc1ccc(NC(=O)c2ccc(Br)c(C)c2)cc1Cl. The second-order valence-corrected chi connectivity index (χ2v) is 5.64. The standard InChI is InChI=1S/C15H13BrClNO/c1-9-3-5-12(8-14(9)17)18-15(19)11-4-6-13(16)10(2)7-11/h3-8H,1-2H3,(H,18,19). The predicted octanol–water partition coefficient (Wildman–Crippen LogP) is 4.97. The van der Waals surface area contributed by atoms with Crippen LogP contribution < -0.4 is 5.32 Å². The normalized spacial score (nSPS) is 10.3. The van der Waals surface area contributed by atoms with Gasteiger partial charge >= 0.3 is 0 Å². The van der Waals surface area contributed by atoms with Gasteiger partial charge in [-0.25, -0.2) is 0 Å². The van der Waals surface area contributed by atoms with Crippen LogP contribution in [-0.4, -0.2) is 5.91 Å². The number of hydrogen-bond acceptors (Lipinski definition) is 1. The van der Waals surface area contributed by atoms with Gasteiger partial charge in [-0.3, -0.25) is 4.79 Å². The van der Waals surface area contributed by atoms with Crippen LogP contribution in [0.5, 0.6) is 0 Å². The molecule has 2 aromatic carbocycles. The number of anilines is 1. The van der Waals surface area contributed by atoms with Crippen molar-refractivity contribution in [3.8, 4) is 0 Å². The predicted molar refractivity (Wildman–Crippen MR) is 83.0 cm³/mol. The van der Waals surface area contributed by atoms with Crippen LogP contribution in [0.1, 0.15) is 21.5 Å². The van der Waals surface area contributed by atoms with Crippen molar-refractivity contribution >= 4 is 39.1 Å². The molecule has 1 amide bonds. The monoisotopic (exact) mass is 337 g/mol. The zero-order chi connectivity index (χ0) is 14.0. The zero-order valence-corrected chi connectivity index (χ0v) is 13.0. The van der Waals surface area contributed by atoms with Gasteiger partial charge in [-0.05, 0) is 55.3 Å². The number of halogens is 2. The Labute approximate surface area is 125 Å². The molecule has 0 saturated heterocycles. The molecular formula is C15H13BrClNO. The van der Waals surface area contributed by atoms with Gasteiger partial charge in [-0.15, -0.1) is 0 Å². The highest BCUT2D eigenvalue weighted by atomic mass is 79.9. The fourth-order valence-corrected chi connectivity index (χ4v) is 2.09. The Balaban J connectivity index is 2.20. The summed E-state index contributed by atoms with van der Waals surface area (Å²) in [4.78, 5) is 12.1. The van der Waals surface area contributed by atoms with Crippen LogP contribution in [0.25, 0.3) is 0 Å². The van der Waals surface area contributed by atoms with E-state index < -0.39 is 0 Å². The van der Waals surface area contributed by atoms with Crippen molar-refractivity contribution in [3.63, 3.8) is 0 Å². The number of hydrogen-bond donors (Lipinski definition) is 1. The van der Waals surface area contributed by atoms with Crippen molar-refractivity contribution < 1.29 is 4.79 Å². The number of aryl methyl sites for hydroxylation is 2. The van der Waals surface area contributed by atoms with Gasteiger partial charge in [0, 0.05) is 20.7 Å². The Bertz CT molecular complexity index is 640. The lowest BCUT2D eigenvalue weighted by Gasteiger charge is -2.08. The van der Waals surface area contributed by atoms with Crippen molar-refractivity contribution in [2.75, 3.05) is 5.32 Å². The molecule has 2 nitrogen and oxygen atoms in total. The summed E-state index contributed by atoms with van der Waals surface area (Å²) < 4.78 is 0.988. The van der Waals surface area contributed by atoms with Crippen molar-refractivity contribution in [1.82, 2.24) is 0 Å². The molecule has 0 spiro atoms. The summed E-state index contributed by atoms with van der Waals surface area (Å²) >= 11 is 9.45. The third kappa shape index (κ3) is 3.37. The summed E-state index contributed by atoms with van der Waals surface area (Å²) in [6, 6.07) is 11.0. The van der Waals surface area contributed by atoms with Gasteiger partial charge in [0.05, 0.1) is 0 Å².